The van der Waals surface area contributed by atoms with Gasteiger partial charge in [-0.25, -0.2) is 0 Å². The SMILES string of the molecule is CCc1cc(C(=O)N2CCC3(CCCCOCCCNC(=O)[C@H](C)NC3=O)CC2)cs1. The topological polar surface area (TPSA) is 87.7 Å². The number of thiophene rings is 1. The van der Waals surface area contributed by atoms with Gasteiger partial charge in [0.1, 0.15) is 6.04 Å². The van der Waals surface area contributed by atoms with Crippen molar-refractivity contribution in [2.75, 3.05) is 32.8 Å². The standard InChI is InChI=1S/C23H35N3O4S/c1-3-19-15-18(16-31-19)21(28)26-11-8-23(9-12-26)7-4-5-13-30-14-6-10-24-20(27)17(2)25-22(23)29/h15-17H,3-14H2,1-2H3,(H,24,27)(H,25,29)/t17-/m0/s1. The number of piperidine rings is 1. The molecule has 3 heterocycles. The van der Waals surface area contributed by atoms with Crippen molar-refractivity contribution in [1.29, 1.82) is 0 Å². The molecule has 0 aliphatic carbocycles. The Morgan fingerprint density at radius 1 is 1.19 bits per heavy atom. The van der Waals surface area contributed by atoms with Crippen LogP contribution in [0.4, 0.5) is 0 Å². The molecule has 1 atom stereocenters. The van der Waals surface area contributed by atoms with Crippen molar-refractivity contribution in [3.63, 3.8) is 0 Å². The highest BCUT2D eigenvalue weighted by molar-refractivity contribution is 7.10. The zero-order chi connectivity index (χ0) is 22.3. The summed E-state index contributed by atoms with van der Waals surface area (Å²) in [5.74, 6) is -0.186. The summed E-state index contributed by atoms with van der Waals surface area (Å²) >= 11 is 1.62. The lowest BCUT2D eigenvalue weighted by Crippen LogP contribution is -2.54. The van der Waals surface area contributed by atoms with Gasteiger partial charge in [0, 0.05) is 43.1 Å². The van der Waals surface area contributed by atoms with Gasteiger partial charge in [-0.1, -0.05) is 13.3 Å². The molecule has 2 N–H and O–H groups in total. The lowest BCUT2D eigenvalue weighted by Gasteiger charge is -2.41. The predicted octanol–water partition coefficient (Wildman–Crippen LogP) is 2.74. The van der Waals surface area contributed by atoms with Crippen molar-refractivity contribution < 1.29 is 19.1 Å². The first-order valence-electron chi connectivity index (χ1n) is 11.5. The second-order valence-corrected chi connectivity index (χ2v) is 9.63. The van der Waals surface area contributed by atoms with Crippen LogP contribution in [0, 0.1) is 5.41 Å². The summed E-state index contributed by atoms with van der Waals surface area (Å²) in [6.45, 7) is 6.77. The van der Waals surface area contributed by atoms with Crippen LogP contribution in [-0.4, -0.2) is 61.5 Å². The molecule has 0 unspecified atom stereocenters. The molecule has 2 aliphatic rings. The Morgan fingerprint density at radius 3 is 2.65 bits per heavy atom. The second-order valence-electron chi connectivity index (χ2n) is 8.64. The molecule has 2 fully saturated rings. The zero-order valence-corrected chi connectivity index (χ0v) is 19.5. The van der Waals surface area contributed by atoms with Crippen LogP contribution in [-0.2, 0) is 20.7 Å². The Morgan fingerprint density at radius 2 is 1.94 bits per heavy atom. The maximum Gasteiger partial charge on any atom is 0.254 e. The Labute approximate surface area is 188 Å². The summed E-state index contributed by atoms with van der Waals surface area (Å²) in [7, 11) is 0. The highest BCUT2D eigenvalue weighted by Crippen LogP contribution is 2.38. The van der Waals surface area contributed by atoms with Gasteiger partial charge >= 0.3 is 0 Å². The van der Waals surface area contributed by atoms with Gasteiger partial charge in [0.15, 0.2) is 0 Å². The summed E-state index contributed by atoms with van der Waals surface area (Å²) in [5, 5.41) is 7.74. The number of carbonyl (C=O) groups is 3. The quantitative estimate of drug-likeness (QED) is 0.727. The normalized spacial score (nSPS) is 23.7. The largest absolute Gasteiger partial charge is 0.381 e. The fourth-order valence-electron chi connectivity index (χ4n) is 4.31. The molecule has 0 radical (unpaired) electrons. The van der Waals surface area contributed by atoms with Gasteiger partial charge in [-0.3, -0.25) is 14.4 Å². The number of amides is 3. The zero-order valence-electron chi connectivity index (χ0n) is 18.7. The average Bonchev–Trinajstić information content (AvgIpc) is 3.26. The van der Waals surface area contributed by atoms with Gasteiger partial charge in [-0.05, 0) is 51.5 Å². The average molecular weight is 450 g/mol. The minimum absolute atomic E-state index is 0.0493. The third-order valence-corrected chi connectivity index (χ3v) is 7.52. The van der Waals surface area contributed by atoms with Gasteiger partial charge < -0.3 is 20.3 Å². The van der Waals surface area contributed by atoms with E-state index >= 15 is 0 Å². The van der Waals surface area contributed by atoms with Crippen molar-refractivity contribution in [3.05, 3.63) is 21.9 Å². The van der Waals surface area contributed by atoms with E-state index in [1.54, 1.807) is 18.3 Å². The lowest BCUT2D eigenvalue weighted by atomic mass is 9.73. The van der Waals surface area contributed by atoms with Crippen LogP contribution in [0.25, 0.3) is 0 Å². The van der Waals surface area contributed by atoms with Gasteiger partial charge in [0.2, 0.25) is 11.8 Å². The molecule has 2 aliphatic heterocycles. The van der Waals surface area contributed by atoms with Crippen molar-refractivity contribution in [2.24, 2.45) is 5.41 Å². The van der Waals surface area contributed by atoms with Crippen LogP contribution < -0.4 is 10.6 Å². The van der Waals surface area contributed by atoms with Crippen molar-refractivity contribution in [2.45, 2.75) is 64.8 Å². The van der Waals surface area contributed by atoms with Gasteiger partial charge in [0.25, 0.3) is 5.91 Å². The Kier molecular flexibility index (Phi) is 8.49. The van der Waals surface area contributed by atoms with Crippen LogP contribution in [0.2, 0.25) is 0 Å². The minimum Gasteiger partial charge on any atom is -0.381 e. The summed E-state index contributed by atoms with van der Waals surface area (Å²) in [5.41, 5.74) is 0.203. The number of hydrogen-bond donors (Lipinski definition) is 2. The summed E-state index contributed by atoms with van der Waals surface area (Å²) in [6.07, 6.45) is 5.48. The number of likely N-dealkylation sites (tertiary alicyclic amines) is 1. The second kappa shape index (κ2) is 11.1. The number of carbonyl (C=O) groups excluding carboxylic acids is 3. The number of nitrogens with one attached hydrogen (secondary N) is 2. The van der Waals surface area contributed by atoms with E-state index in [4.69, 9.17) is 4.74 Å². The molecule has 1 aromatic rings. The predicted molar refractivity (Wildman–Crippen MR) is 121 cm³/mol. The summed E-state index contributed by atoms with van der Waals surface area (Å²) in [4.78, 5) is 41.6. The molecule has 0 aromatic carbocycles. The van der Waals surface area contributed by atoms with Crippen LogP contribution in [0.15, 0.2) is 11.4 Å². The molecule has 1 spiro atoms. The van der Waals surface area contributed by atoms with E-state index in [9.17, 15) is 14.4 Å². The number of hydrogen-bond acceptors (Lipinski definition) is 5. The van der Waals surface area contributed by atoms with E-state index in [0.29, 0.717) is 45.7 Å². The molecule has 1 aromatic heterocycles. The summed E-state index contributed by atoms with van der Waals surface area (Å²) < 4.78 is 5.65. The fraction of sp³-hybridized carbons (Fsp3) is 0.696. The van der Waals surface area contributed by atoms with Crippen molar-refractivity contribution in [3.8, 4) is 0 Å². The summed E-state index contributed by atoms with van der Waals surface area (Å²) in [6, 6.07) is 1.40. The first-order valence-corrected chi connectivity index (χ1v) is 12.4. The molecule has 3 rings (SSSR count). The first kappa shape index (κ1) is 23.7. The van der Waals surface area contributed by atoms with Crippen molar-refractivity contribution >= 4 is 29.1 Å². The highest BCUT2D eigenvalue weighted by atomic mass is 32.1. The molecule has 2 saturated heterocycles. The molecule has 3 amide bonds. The van der Waals surface area contributed by atoms with Gasteiger partial charge in [0.05, 0.1) is 11.0 Å². The van der Waals surface area contributed by atoms with E-state index in [0.717, 1.165) is 37.7 Å². The maximum absolute atomic E-state index is 13.3. The molecular weight excluding hydrogens is 414 g/mol. The van der Waals surface area contributed by atoms with Crippen LogP contribution >= 0.6 is 11.3 Å². The number of nitrogens with zero attached hydrogens (tertiary/aromatic N) is 1. The highest BCUT2D eigenvalue weighted by Gasteiger charge is 2.42. The van der Waals surface area contributed by atoms with Crippen LogP contribution in [0.1, 0.15) is 67.6 Å². The first-order chi connectivity index (χ1) is 14.9. The third-order valence-electron chi connectivity index (χ3n) is 6.44. The lowest BCUT2D eigenvalue weighted by molar-refractivity contribution is -0.137. The fourth-order valence-corrected chi connectivity index (χ4v) is 5.12. The molecule has 0 bridgehead atoms. The Bertz CT molecular complexity index is 771. The number of ether oxygens (including phenoxy) is 1. The molecule has 172 valence electrons. The van der Waals surface area contributed by atoms with E-state index in [1.807, 2.05) is 16.3 Å². The van der Waals surface area contributed by atoms with E-state index in [-0.39, 0.29) is 17.7 Å². The molecule has 8 heteroatoms. The third kappa shape index (κ3) is 6.07. The monoisotopic (exact) mass is 449 g/mol. The molecule has 0 saturated carbocycles. The number of rotatable bonds is 2. The van der Waals surface area contributed by atoms with Crippen LogP contribution in [0.5, 0.6) is 0 Å². The molecule has 31 heavy (non-hydrogen) atoms. The molecule has 7 nitrogen and oxygen atoms in total. The van der Waals surface area contributed by atoms with Crippen LogP contribution in [0.3, 0.4) is 0 Å². The maximum atomic E-state index is 13.3. The van der Waals surface area contributed by atoms with Gasteiger partial charge in [-0.15, -0.1) is 11.3 Å². The van der Waals surface area contributed by atoms with Crippen molar-refractivity contribution in [1.82, 2.24) is 15.5 Å². The van der Waals surface area contributed by atoms with E-state index in [1.165, 1.54) is 4.88 Å². The minimum atomic E-state index is -0.578. The number of aryl methyl sites for hydroxylation is 1. The van der Waals surface area contributed by atoms with E-state index in [2.05, 4.69) is 17.6 Å². The van der Waals surface area contributed by atoms with E-state index < -0.39 is 11.5 Å². The Balaban J connectivity index is 1.67. The molecular formula is C23H35N3O4S. The van der Waals surface area contributed by atoms with Gasteiger partial charge in [-0.2, -0.15) is 0 Å². The smallest absolute Gasteiger partial charge is 0.254 e. The Hall–Kier alpha value is -1.93.